The molecule has 2 amide bonds. The number of hydrogen-bond acceptors (Lipinski definition) is 8. The molecule has 34 heavy (non-hydrogen) atoms. The van der Waals surface area contributed by atoms with Crippen LogP contribution in [0.2, 0.25) is 0 Å². The van der Waals surface area contributed by atoms with Gasteiger partial charge in [0.25, 0.3) is 11.8 Å². The Bertz CT molecular complexity index is 1170. The molecule has 0 unspecified atom stereocenters. The number of thioether (sulfide) groups is 2. The van der Waals surface area contributed by atoms with Gasteiger partial charge in [0.05, 0.1) is 21.2 Å². The number of allylic oxidation sites excluding steroid dienone is 2. The minimum absolute atomic E-state index is 0.0366. The van der Waals surface area contributed by atoms with Crippen LogP contribution in [0.1, 0.15) is 33.3 Å². The Balaban J connectivity index is 1.68. The topological polar surface area (TPSA) is 47.1 Å². The first-order chi connectivity index (χ1) is 16.3. The number of thiocarbonyl (C=S) groups is 2. The summed E-state index contributed by atoms with van der Waals surface area (Å²) in [7, 11) is 0. The summed E-state index contributed by atoms with van der Waals surface area (Å²) in [5.74, 6) is 0.935. The highest BCUT2D eigenvalue weighted by Crippen LogP contribution is 2.43. The van der Waals surface area contributed by atoms with Gasteiger partial charge in [0.2, 0.25) is 0 Å². The number of carbonyl (C=O) groups is 2. The maximum atomic E-state index is 12.6. The first kappa shape index (κ1) is 25.0. The molecule has 1 aromatic carbocycles. The molecular formula is C24H26N4O2S4. The monoisotopic (exact) mass is 530 g/mol. The van der Waals surface area contributed by atoms with Crippen LogP contribution in [0.25, 0.3) is 6.08 Å². The van der Waals surface area contributed by atoms with Gasteiger partial charge in [-0.1, -0.05) is 54.0 Å². The number of hydrogen-bond donors (Lipinski definition) is 0. The van der Waals surface area contributed by atoms with E-state index in [0.29, 0.717) is 31.5 Å². The molecule has 0 saturated carbocycles. The van der Waals surface area contributed by atoms with Crippen molar-refractivity contribution in [3.05, 3.63) is 51.5 Å². The zero-order valence-electron chi connectivity index (χ0n) is 19.5. The lowest BCUT2D eigenvalue weighted by molar-refractivity contribution is -0.122. The first-order valence-corrected chi connectivity index (χ1v) is 13.7. The quantitative estimate of drug-likeness (QED) is 0.368. The number of anilines is 2. The average Bonchev–Trinajstić information content (AvgIpc) is 3.38. The molecule has 0 radical (unpaired) electrons. The van der Waals surface area contributed by atoms with Crippen molar-refractivity contribution in [1.82, 2.24) is 9.80 Å². The van der Waals surface area contributed by atoms with E-state index >= 15 is 0 Å². The van der Waals surface area contributed by atoms with Crippen LogP contribution in [0.3, 0.4) is 0 Å². The number of fused-ring (bicyclic) bond motifs is 1. The molecule has 3 aliphatic rings. The predicted octanol–water partition coefficient (Wildman–Crippen LogP) is 5.18. The van der Waals surface area contributed by atoms with E-state index < -0.39 is 0 Å². The molecule has 0 bridgehead atoms. The molecule has 0 N–H and O–H groups in total. The summed E-state index contributed by atoms with van der Waals surface area (Å²) >= 11 is 13.4. The van der Waals surface area contributed by atoms with E-state index in [4.69, 9.17) is 24.4 Å². The molecule has 3 heterocycles. The SMILES string of the molecule is CCN1C(=O)/C(=C\C=C2\N(CC)c3ccc(/C=C4/SC(=S)N(CC)C4=O)cc3N2CC)SC1=S. The summed E-state index contributed by atoms with van der Waals surface area (Å²) in [5.41, 5.74) is 3.13. The Labute approximate surface area is 219 Å². The van der Waals surface area contributed by atoms with Gasteiger partial charge in [-0.3, -0.25) is 19.4 Å². The van der Waals surface area contributed by atoms with Gasteiger partial charge in [0, 0.05) is 26.2 Å². The lowest BCUT2D eigenvalue weighted by Gasteiger charge is -2.23. The van der Waals surface area contributed by atoms with Gasteiger partial charge >= 0.3 is 0 Å². The standard InChI is InChI=1S/C24H26N4O2S4/c1-5-25-16-10-9-15(14-19-22(30)28(8-4)24(32)34-19)13-17(16)26(6-2)20(25)12-11-18-21(29)27(7-3)23(31)33-18/h9-14H,5-8H2,1-4H3/b18-11+,19-14+,20-12-. The molecule has 1 aromatic rings. The minimum atomic E-state index is -0.0392. The molecule has 0 atom stereocenters. The maximum Gasteiger partial charge on any atom is 0.266 e. The summed E-state index contributed by atoms with van der Waals surface area (Å²) in [6.45, 7) is 10.8. The fourth-order valence-corrected chi connectivity index (χ4v) is 6.88. The second kappa shape index (κ2) is 10.2. The van der Waals surface area contributed by atoms with Crippen molar-refractivity contribution in [3.63, 3.8) is 0 Å². The molecular weight excluding hydrogens is 505 g/mol. The van der Waals surface area contributed by atoms with Gasteiger partial charge < -0.3 is 9.80 Å². The molecule has 3 aliphatic heterocycles. The minimum Gasteiger partial charge on any atom is -0.326 e. The number of amides is 2. The third kappa shape index (κ3) is 4.32. The van der Waals surface area contributed by atoms with Crippen molar-refractivity contribution < 1.29 is 9.59 Å². The molecule has 10 heteroatoms. The van der Waals surface area contributed by atoms with E-state index in [1.165, 1.54) is 23.5 Å². The molecule has 0 aromatic heterocycles. The van der Waals surface area contributed by atoms with Crippen LogP contribution in [0, 0.1) is 0 Å². The molecule has 178 valence electrons. The van der Waals surface area contributed by atoms with Gasteiger partial charge in [-0.25, -0.2) is 0 Å². The van der Waals surface area contributed by atoms with Crippen molar-refractivity contribution in [2.45, 2.75) is 27.7 Å². The van der Waals surface area contributed by atoms with Gasteiger partial charge in [-0.15, -0.1) is 0 Å². The zero-order valence-corrected chi connectivity index (χ0v) is 22.8. The van der Waals surface area contributed by atoms with Gasteiger partial charge in [0.1, 0.15) is 14.5 Å². The Morgan fingerprint density at radius 3 is 1.82 bits per heavy atom. The molecule has 2 saturated heterocycles. The van der Waals surface area contributed by atoms with Crippen LogP contribution in [-0.4, -0.2) is 56.4 Å². The van der Waals surface area contributed by atoms with E-state index in [9.17, 15) is 9.59 Å². The van der Waals surface area contributed by atoms with E-state index in [1.54, 1.807) is 9.80 Å². The van der Waals surface area contributed by atoms with Crippen LogP contribution in [0.15, 0.2) is 46.0 Å². The van der Waals surface area contributed by atoms with Gasteiger partial charge in [-0.05, 0) is 63.6 Å². The van der Waals surface area contributed by atoms with Crippen LogP contribution in [-0.2, 0) is 9.59 Å². The van der Waals surface area contributed by atoms with E-state index in [2.05, 4.69) is 35.8 Å². The van der Waals surface area contributed by atoms with E-state index in [-0.39, 0.29) is 11.8 Å². The molecule has 0 aliphatic carbocycles. The number of nitrogens with zero attached hydrogens (tertiary/aromatic N) is 4. The second-order valence-electron chi connectivity index (χ2n) is 7.64. The Morgan fingerprint density at radius 2 is 1.26 bits per heavy atom. The highest BCUT2D eigenvalue weighted by molar-refractivity contribution is 8.27. The van der Waals surface area contributed by atoms with Crippen molar-refractivity contribution >= 4 is 85.9 Å². The smallest absolute Gasteiger partial charge is 0.266 e. The summed E-state index contributed by atoms with van der Waals surface area (Å²) < 4.78 is 1.20. The second-order valence-corrected chi connectivity index (χ2v) is 11.0. The summed E-state index contributed by atoms with van der Waals surface area (Å²) in [6.07, 6.45) is 5.79. The normalized spacial score (nSPS) is 21.9. The number of benzene rings is 1. The molecule has 6 nitrogen and oxygen atoms in total. The molecule has 4 rings (SSSR count). The van der Waals surface area contributed by atoms with Crippen LogP contribution in [0.5, 0.6) is 0 Å². The number of carbonyl (C=O) groups excluding carboxylic acids is 2. The molecule has 2 fully saturated rings. The maximum absolute atomic E-state index is 12.6. The summed E-state index contributed by atoms with van der Waals surface area (Å²) in [5, 5.41) is 0. The third-order valence-corrected chi connectivity index (χ3v) is 8.60. The number of rotatable bonds is 6. The van der Waals surface area contributed by atoms with Crippen LogP contribution in [0.4, 0.5) is 11.4 Å². The fourth-order valence-electron chi connectivity index (χ4n) is 4.17. The summed E-state index contributed by atoms with van der Waals surface area (Å²) in [4.78, 5) is 34.2. The van der Waals surface area contributed by atoms with Gasteiger partial charge in [0.15, 0.2) is 0 Å². The highest BCUT2D eigenvalue weighted by atomic mass is 32.2. The summed E-state index contributed by atoms with van der Waals surface area (Å²) in [6, 6.07) is 6.23. The van der Waals surface area contributed by atoms with Crippen molar-refractivity contribution in [1.29, 1.82) is 0 Å². The Hall–Kier alpha value is -2.14. The number of likely N-dealkylation sites (N-methyl/N-ethyl adjacent to an activating group) is 2. The lowest BCUT2D eigenvalue weighted by atomic mass is 10.1. The van der Waals surface area contributed by atoms with Gasteiger partial charge in [-0.2, -0.15) is 0 Å². The van der Waals surface area contributed by atoms with E-state index in [0.717, 1.165) is 35.8 Å². The Kier molecular flexibility index (Phi) is 7.51. The van der Waals surface area contributed by atoms with Crippen molar-refractivity contribution in [2.75, 3.05) is 36.0 Å². The molecule has 0 spiro atoms. The lowest BCUT2D eigenvalue weighted by Crippen LogP contribution is -2.28. The predicted molar refractivity (Wildman–Crippen MR) is 152 cm³/mol. The van der Waals surface area contributed by atoms with Crippen molar-refractivity contribution in [2.24, 2.45) is 0 Å². The van der Waals surface area contributed by atoms with E-state index in [1.807, 2.05) is 38.1 Å². The highest BCUT2D eigenvalue weighted by Gasteiger charge is 2.33. The fraction of sp³-hybridized carbons (Fsp3) is 0.333. The van der Waals surface area contributed by atoms with Crippen LogP contribution < -0.4 is 9.80 Å². The third-order valence-electron chi connectivity index (χ3n) is 5.83. The largest absolute Gasteiger partial charge is 0.326 e. The average molecular weight is 531 g/mol. The Morgan fingerprint density at radius 1 is 0.735 bits per heavy atom. The van der Waals surface area contributed by atoms with Crippen LogP contribution >= 0.6 is 48.0 Å². The van der Waals surface area contributed by atoms with Crippen molar-refractivity contribution in [3.8, 4) is 0 Å². The first-order valence-electron chi connectivity index (χ1n) is 11.2. The zero-order chi connectivity index (χ0) is 24.6.